The lowest BCUT2D eigenvalue weighted by atomic mass is 10.2. The average Bonchev–Trinajstić information content (AvgIpc) is 2.68. The fourth-order valence-corrected chi connectivity index (χ4v) is 2.02. The number of nitrogens with one attached hydrogen (secondary N) is 1. The van der Waals surface area contributed by atoms with Crippen molar-refractivity contribution >= 4 is 28.8 Å². The number of thiocarbonyl (C=S) groups is 1. The van der Waals surface area contributed by atoms with Gasteiger partial charge in [0, 0.05) is 5.56 Å². The highest BCUT2D eigenvalue weighted by molar-refractivity contribution is 7.80. The first-order chi connectivity index (χ1) is 9.47. The second kappa shape index (κ2) is 5.79. The third-order valence-electron chi connectivity index (χ3n) is 2.72. The largest absolute Gasteiger partial charge is 0.389 e. The van der Waals surface area contributed by atoms with E-state index in [2.05, 4.69) is 15.4 Å². The normalized spacial score (nSPS) is 10.3. The first kappa shape index (κ1) is 14.1. The van der Waals surface area contributed by atoms with Crippen LogP contribution in [-0.4, -0.2) is 25.7 Å². The third-order valence-corrected chi connectivity index (χ3v) is 2.94. The highest BCUT2D eigenvalue weighted by atomic mass is 32.1. The summed E-state index contributed by atoms with van der Waals surface area (Å²) in [6, 6.07) is 7.14. The quantitative estimate of drug-likeness (QED) is 0.825. The number of aromatic nitrogens is 3. The molecule has 0 radical (unpaired) electrons. The molecule has 3 N–H and O–H groups in total. The summed E-state index contributed by atoms with van der Waals surface area (Å²) in [5.74, 6) is 1.13. The Kier molecular flexibility index (Phi) is 4.09. The lowest BCUT2D eigenvalue weighted by molar-refractivity contribution is -0.116. The predicted molar refractivity (Wildman–Crippen MR) is 80.5 cm³/mol. The number of hydrogen-bond acceptors (Lipinski definition) is 4. The van der Waals surface area contributed by atoms with E-state index in [9.17, 15) is 4.79 Å². The maximum atomic E-state index is 12.0. The van der Waals surface area contributed by atoms with Gasteiger partial charge in [0.15, 0.2) is 0 Å². The van der Waals surface area contributed by atoms with E-state index >= 15 is 0 Å². The molecule has 2 aromatic rings. The van der Waals surface area contributed by atoms with Crippen molar-refractivity contribution in [3.63, 3.8) is 0 Å². The van der Waals surface area contributed by atoms with E-state index in [1.165, 1.54) is 0 Å². The van der Waals surface area contributed by atoms with Gasteiger partial charge < -0.3 is 11.1 Å². The van der Waals surface area contributed by atoms with E-state index < -0.39 is 0 Å². The lowest BCUT2D eigenvalue weighted by Crippen LogP contribution is -2.22. The number of rotatable bonds is 4. The van der Waals surface area contributed by atoms with Crippen LogP contribution in [0.5, 0.6) is 0 Å². The third kappa shape index (κ3) is 3.18. The van der Waals surface area contributed by atoms with Gasteiger partial charge in [0.05, 0.1) is 5.69 Å². The molecule has 2 rings (SSSR count). The molecule has 1 aromatic carbocycles. The minimum absolute atomic E-state index is 0.0956. The Hall–Kier alpha value is -2.28. The Morgan fingerprint density at radius 1 is 1.40 bits per heavy atom. The number of benzene rings is 1. The van der Waals surface area contributed by atoms with Crippen LogP contribution in [0.3, 0.4) is 0 Å². The minimum atomic E-state index is -0.207. The fraction of sp³-hybridized carbons (Fsp3) is 0.231. The van der Waals surface area contributed by atoms with Gasteiger partial charge in [-0.1, -0.05) is 24.4 Å². The summed E-state index contributed by atoms with van der Waals surface area (Å²) in [4.78, 5) is 16.4. The number of carbonyl (C=O) groups excluding carboxylic acids is 1. The molecule has 1 aromatic heterocycles. The number of nitrogens with two attached hydrogens (primary N) is 1. The van der Waals surface area contributed by atoms with Crippen molar-refractivity contribution in [2.45, 2.75) is 20.4 Å². The Labute approximate surface area is 122 Å². The van der Waals surface area contributed by atoms with Gasteiger partial charge in [-0.25, -0.2) is 9.67 Å². The lowest BCUT2D eigenvalue weighted by Gasteiger charge is -2.10. The molecular formula is C13H15N5OS. The highest BCUT2D eigenvalue weighted by Crippen LogP contribution is 2.14. The number of hydrogen-bond donors (Lipinski definition) is 2. The summed E-state index contributed by atoms with van der Waals surface area (Å²) >= 11 is 4.96. The summed E-state index contributed by atoms with van der Waals surface area (Å²) in [7, 11) is 0. The second-order valence-corrected chi connectivity index (χ2v) is 4.76. The van der Waals surface area contributed by atoms with Gasteiger partial charge >= 0.3 is 0 Å². The topological polar surface area (TPSA) is 85.8 Å². The zero-order valence-corrected chi connectivity index (χ0v) is 12.1. The molecule has 0 bridgehead atoms. The van der Waals surface area contributed by atoms with Crippen LogP contribution >= 0.6 is 12.2 Å². The molecule has 0 aliphatic carbocycles. The molecule has 1 amide bonds. The molecule has 6 nitrogen and oxygen atoms in total. The molecule has 0 spiro atoms. The zero-order chi connectivity index (χ0) is 14.7. The molecule has 7 heteroatoms. The van der Waals surface area contributed by atoms with Gasteiger partial charge in [-0.3, -0.25) is 4.79 Å². The number of aryl methyl sites for hydroxylation is 2. The van der Waals surface area contributed by atoms with Crippen molar-refractivity contribution < 1.29 is 4.79 Å². The maximum Gasteiger partial charge on any atom is 0.246 e. The molecule has 0 unspecified atom stereocenters. The summed E-state index contributed by atoms with van der Waals surface area (Å²) in [6.45, 7) is 3.68. The summed E-state index contributed by atoms with van der Waals surface area (Å²) in [5, 5.41) is 6.93. The van der Waals surface area contributed by atoms with Gasteiger partial charge in [0.1, 0.15) is 23.2 Å². The average molecular weight is 289 g/mol. The SMILES string of the molecule is Cc1nc(C)n(CC(=O)Nc2ccccc2C(N)=S)n1. The van der Waals surface area contributed by atoms with E-state index in [4.69, 9.17) is 18.0 Å². The highest BCUT2D eigenvalue weighted by Gasteiger charge is 2.11. The summed E-state index contributed by atoms with van der Waals surface area (Å²) < 4.78 is 1.55. The molecule has 0 aliphatic rings. The standard InChI is InChI=1S/C13H15N5OS/c1-8-15-9(2)18(17-8)7-12(19)16-11-6-4-3-5-10(11)13(14)20/h3-6H,7H2,1-2H3,(H2,14,20)(H,16,19). The summed E-state index contributed by atoms with van der Waals surface area (Å²) in [5.41, 5.74) is 6.86. The maximum absolute atomic E-state index is 12.0. The van der Waals surface area contributed by atoms with Crippen LogP contribution in [0, 0.1) is 13.8 Å². The van der Waals surface area contributed by atoms with Gasteiger partial charge in [-0.2, -0.15) is 5.10 Å². The van der Waals surface area contributed by atoms with E-state index in [0.717, 1.165) is 0 Å². The summed E-state index contributed by atoms with van der Waals surface area (Å²) in [6.07, 6.45) is 0. The van der Waals surface area contributed by atoms with Crippen LogP contribution < -0.4 is 11.1 Å². The number of para-hydroxylation sites is 1. The van der Waals surface area contributed by atoms with Crippen LogP contribution in [0.1, 0.15) is 17.2 Å². The monoisotopic (exact) mass is 289 g/mol. The van der Waals surface area contributed by atoms with E-state index in [-0.39, 0.29) is 17.4 Å². The predicted octanol–water partition coefficient (Wildman–Crippen LogP) is 1.17. The van der Waals surface area contributed by atoms with Crippen molar-refractivity contribution in [3.05, 3.63) is 41.5 Å². The van der Waals surface area contributed by atoms with E-state index in [1.807, 2.05) is 12.1 Å². The first-order valence-corrected chi connectivity index (χ1v) is 6.45. The van der Waals surface area contributed by atoms with Crippen LogP contribution in [0.2, 0.25) is 0 Å². The fourth-order valence-electron chi connectivity index (χ4n) is 1.84. The van der Waals surface area contributed by atoms with Gasteiger partial charge in [-0.05, 0) is 26.0 Å². The molecule has 104 valence electrons. The number of anilines is 1. The molecule has 0 fully saturated rings. The van der Waals surface area contributed by atoms with Crippen molar-refractivity contribution in [1.29, 1.82) is 0 Å². The molecule has 0 atom stereocenters. The van der Waals surface area contributed by atoms with Crippen LogP contribution in [-0.2, 0) is 11.3 Å². The van der Waals surface area contributed by atoms with Gasteiger partial charge in [0.25, 0.3) is 0 Å². The first-order valence-electron chi connectivity index (χ1n) is 6.04. The smallest absolute Gasteiger partial charge is 0.246 e. The molecular weight excluding hydrogens is 274 g/mol. The van der Waals surface area contributed by atoms with E-state index in [0.29, 0.717) is 22.9 Å². The van der Waals surface area contributed by atoms with Crippen LogP contribution in [0.25, 0.3) is 0 Å². The van der Waals surface area contributed by atoms with Gasteiger partial charge in [0.2, 0.25) is 5.91 Å². The Bertz CT molecular complexity index is 665. The molecule has 20 heavy (non-hydrogen) atoms. The van der Waals surface area contributed by atoms with Crippen molar-refractivity contribution in [3.8, 4) is 0 Å². The minimum Gasteiger partial charge on any atom is -0.389 e. The number of carbonyl (C=O) groups is 1. The zero-order valence-electron chi connectivity index (χ0n) is 11.3. The van der Waals surface area contributed by atoms with Gasteiger partial charge in [-0.15, -0.1) is 0 Å². The van der Waals surface area contributed by atoms with Crippen molar-refractivity contribution in [2.75, 3.05) is 5.32 Å². The Morgan fingerprint density at radius 2 is 2.10 bits per heavy atom. The molecule has 0 saturated heterocycles. The molecule has 0 saturated carbocycles. The van der Waals surface area contributed by atoms with Crippen molar-refractivity contribution in [1.82, 2.24) is 14.8 Å². The van der Waals surface area contributed by atoms with Crippen LogP contribution in [0.15, 0.2) is 24.3 Å². The molecule has 0 aliphatic heterocycles. The van der Waals surface area contributed by atoms with Crippen molar-refractivity contribution in [2.24, 2.45) is 5.73 Å². The Morgan fingerprint density at radius 3 is 2.70 bits per heavy atom. The second-order valence-electron chi connectivity index (χ2n) is 4.32. The van der Waals surface area contributed by atoms with E-state index in [1.54, 1.807) is 30.7 Å². The molecule has 1 heterocycles. The Balaban J connectivity index is 2.13. The number of amides is 1. The number of nitrogens with zero attached hydrogens (tertiary/aromatic N) is 3. The van der Waals surface area contributed by atoms with Crippen LogP contribution in [0.4, 0.5) is 5.69 Å².